The lowest BCUT2D eigenvalue weighted by Gasteiger charge is -2.13. The third kappa shape index (κ3) is 4.75. The van der Waals surface area contributed by atoms with Crippen LogP contribution < -0.4 is 5.32 Å². The van der Waals surface area contributed by atoms with E-state index in [9.17, 15) is 4.39 Å². The molecular weight excluding hydrogens is 201 g/mol. The van der Waals surface area contributed by atoms with Crippen LogP contribution in [-0.2, 0) is 6.42 Å². The molecule has 0 amide bonds. The van der Waals surface area contributed by atoms with Crippen molar-refractivity contribution in [3.05, 3.63) is 35.6 Å². The number of benzene rings is 1. The zero-order valence-electron chi connectivity index (χ0n) is 10.3. The number of nitrogens with one attached hydrogen (secondary N) is 1. The predicted molar refractivity (Wildman–Crippen MR) is 67.1 cm³/mol. The van der Waals surface area contributed by atoms with Gasteiger partial charge in [0, 0.05) is 6.04 Å². The average Bonchev–Trinajstić information content (AvgIpc) is 2.29. The minimum atomic E-state index is -0.0921. The van der Waals surface area contributed by atoms with Crippen molar-refractivity contribution in [1.82, 2.24) is 5.32 Å². The highest BCUT2D eigenvalue weighted by Gasteiger charge is 2.02. The van der Waals surface area contributed by atoms with Crippen molar-refractivity contribution < 1.29 is 4.39 Å². The van der Waals surface area contributed by atoms with Gasteiger partial charge in [0.15, 0.2) is 0 Å². The Kier molecular flexibility index (Phi) is 6.09. The lowest BCUT2D eigenvalue weighted by Crippen LogP contribution is -2.28. The topological polar surface area (TPSA) is 12.0 Å². The third-order valence-corrected chi connectivity index (χ3v) is 2.84. The highest BCUT2D eigenvalue weighted by Crippen LogP contribution is 2.06. The summed E-state index contributed by atoms with van der Waals surface area (Å²) in [4.78, 5) is 0. The van der Waals surface area contributed by atoms with Crippen LogP contribution in [0.25, 0.3) is 0 Å². The Labute approximate surface area is 98.1 Å². The quantitative estimate of drug-likeness (QED) is 0.745. The SMILES string of the molecule is CCCCC(C)NCCc1ccccc1F. The van der Waals surface area contributed by atoms with Gasteiger partial charge < -0.3 is 5.32 Å². The van der Waals surface area contributed by atoms with Gasteiger partial charge in [-0.2, -0.15) is 0 Å². The van der Waals surface area contributed by atoms with E-state index in [1.54, 1.807) is 6.07 Å². The van der Waals surface area contributed by atoms with Crippen LogP contribution in [0, 0.1) is 5.82 Å². The van der Waals surface area contributed by atoms with E-state index in [1.807, 2.05) is 12.1 Å². The fourth-order valence-corrected chi connectivity index (χ4v) is 1.77. The molecule has 0 fully saturated rings. The molecule has 0 saturated heterocycles. The Bertz CT molecular complexity index is 299. The Balaban J connectivity index is 2.23. The van der Waals surface area contributed by atoms with Gasteiger partial charge in [-0.05, 0) is 37.9 Å². The van der Waals surface area contributed by atoms with Crippen LogP contribution in [0.1, 0.15) is 38.7 Å². The molecule has 1 nitrogen and oxygen atoms in total. The minimum absolute atomic E-state index is 0.0921. The molecular formula is C14H22FN. The molecule has 1 unspecified atom stereocenters. The Morgan fingerprint density at radius 3 is 2.75 bits per heavy atom. The lowest BCUT2D eigenvalue weighted by molar-refractivity contribution is 0.494. The third-order valence-electron chi connectivity index (χ3n) is 2.84. The molecule has 1 atom stereocenters. The van der Waals surface area contributed by atoms with Crippen LogP contribution in [0.2, 0.25) is 0 Å². The zero-order chi connectivity index (χ0) is 11.8. The van der Waals surface area contributed by atoms with E-state index in [0.717, 1.165) is 18.5 Å². The second-order valence-corrected chi connectivity index (χ2v) is 4.34. The molecule has 0 aliphatic carbocycles. The standard InChI is InChI=1S/C14H22FN/c1-3-4-7-12(2)16-11-10-13-8-5-6-9-14(13)15/h5-6,8-9,12,16H,3-4,7,10-11H2,1-2H3. The van der Waals surface area contributed by atoms with E-state index in [2.05, 4.69) is 19.2 Å². The summed E-state index contributed by atoms with van der Waals surface area (Å²) < 4.78 is 13.3. The average molecular weight is 223 g/mol. The van der Waals surface area contributed by atoms with E-state index < -0.39 is 0 Å². The predicted octanol–water partition coefficient (Wildman–Crippen LogP) is 3.54. The summed E-state index contributed by atoms with van der Waals surface area (Å²) in [7, 11) is 0. The molecule has 1 N–H and O–H groups in total. The summed E-state index contributed by atoms with van der Waals surface area (Å²) in [5.74, 6) is -0.0921. The smallest absolute Gasteiger partial charge is 0.126 e. The highest BCUT2D eigenvalue weighted by atomic mass is 19.1. The molecule has 0 radical (unpaired) electrons. The molecule has 0 bridgehead atoms. The molecule has 0 aliphatic heterocycles. The summed E-state index contributed by atoms with van der Waals surface area (Å²) in [6.07, 6.45) is 4.46. The molecule has 1 aromatic rings. The Morgan fingerprint density at radius 2 is 2.06 bits per heavy atom. The number of hydrogen-bond donors (Lipinski definition) is 1. The lowest BCUT2D eigenvalue weighted by atomic mass is 10.1. The second kappa shape index (κ2) is 7.39. The number of rotatable bonds is 7. The van der Waals surface area contributed by atoms with Crippen molar-refractivity contribution in [2.75, 3.05) is 6.54 Å². The van der Waals surface area contributed by atoms with Crippen molar-refractivity contribution in [3.8, 4) is 0 Å². The summed E-state index contributed by atoms with van der Waals surface area (Å²) in [5, 5.41) is 3.43. The van der Waals surface area contributed by atoms with Gasteiger partial charge in [0.1, 0.15) is 5.82 Å². The molecule has 90 valence electrons. The van der Waals surface area contributed by atoms with E-state index in [4.69, 9.17) is 0 Å². The largest absolute Gasteiger partial charge is 0.314 e. The van der Waals surface area contributed by atoms with Crippen LogP contribution in [0.4, 0.5) is 4.39 Å². The summed E-state index contributed by atoms with van der Waals surface area (Å²) in [6.45, 7) is 5.24. The maximum atomic E-state index is 13.3. The molecule has 16 heavy (non-hydrogen) atoms. The van der Waals surface area contributed by atoms with Crippen LogP contribution >= 0.6 is 0 Å². The molecule has 0 spiro atoms. The second-order valence-electron chi connectivity index (χ2n) is 4.34. The first kappa shape index (κ1) is 13.2. The van der Waals surface area contributed by atoms with Gasteiger partial charge in [-0.1, -0.05) is 38.0 Å². The van der Waals surface area contributed by atoms with E-state index >= 15 is 0 Å². The number of halogens is 1. The summed E-state index contributed by atoms with van der Waals surface area (Å²) in [5.41, 5.74) is 0.803. The molecule has 1 aromatic carbocycles. The fraction of sp³-hybridized carbons (Fsp3) is 0.571. The fourth-order valence-electron chi connectivity index (χ4n) is 1.77. The van der Waals surface area contributed by atoms with Crippen molar-refractivity contribution in [3.63, 3.8) is 0 Å². The van der Waals surface area contributed by atoms with E-state index in [-0.39, 0.29) is 5.82 Å². The highest BCUT2D eigenvalue weighted by molar-refractivity contribution is 5.17. The van der Waals surface area contributed by atoms with Crippen molar-refractivity contribution in [1.29, 1.82) is 0 Å². The maximum absolute atomic E-state index is 13.3. The van der Waals surface area contributed by atoms with Gasteiger partial charge in [-0.25, -0.2) is 4.39 Å². The molecule has 0 aliphatic rings. The number of unbranched alkanes of at least 4 members (excludes halogenated alkanes) is 1. The maximum Gasteiger partial charge on any atom is 0.126 e. The van der Waals surface area contributed by atoms with Crippen LogP contribution in [0.15, 0.2) is 24.3 Å². The van der Waals surface area contributed by atoms with E-state index in [0.29, 0.717) is 6.04 Å². The van der Waals surface area contributed by atoms with Gasteiger partial charge in [-0.3, -0.25) is 0 Å². The number of hydrogen-bond acceptors (Lipinski definition) is 1. The van der Waals surface area contributed by atoms with Crippen molar-refractivity contribution >= 4 is 0 Å². The van der Waals surface area contributed by atoms with Crippen molar-refractivity contribution in [2.45, 2.75) is 45.6 Å². The minimum Gasteiger partial charge on any atom is -0.314 e. The van der Waals surface area contributed by atoms with Gasteiger partial charge >= 0.3 is 0 Å². The summed E-state index contributed by atoms with van der Waals surface area (Å²) >= 11 is 0. The van der Waals surface area contributed by atoms with Gasteiger partial charge in [-0.15, -0.1) is 0 Å². The van der Waals surface area contributed by atoms with Gasteiger partial charge in [0.25, 0.3) is 0 Å². The first-order chi connectivity index (χ1) is 7.74. The van der Waals surface area contributed by atoms with Crippen molar-refractivity contribution in [2.24, 2.45) is 0 Å². The molecule has 1 rings (SSSR count). The first-order valence-electron chi connectivity index (χ1n) is 6.20. The van der Waals surface area contributed by atoms with Crippen LogP contribution in [-0.4, -0.2) is 12.6 Å². The molecule has 0 heterocycles. The van der Waals surface area contributed by atoms with Gasteiger partial charge in [0.2, 0.25) is 0 Å². The van der Waals surface area contributed by atoms with Crippen LogP contribution in [0.3, 0.4) is 0 Å². The molecule has 0 saturated carbocycles. The normalized spacial score (nSPS) is 12.7. The van der Waals surface area contributed by atoms with E-state index in [1.165, 1.54) is 25.3 Å². The summed E-state index contributed by atoms with van der Waals surface area (Å²) in [6, 6.07) is 7.53. The Hall–Kier alpha value is -0.890. The first-order valence-corrected chi connectivity index (χ1v) is 6.20. The van der Waals surface area contributed by atoms with Gasteiger partial charge in [0.05, 0.1) is 0 Å². The molecule has 2 heteroatoms. The zero-order valence-corrected chi connectivity index (χ0v) is 10.3. The van der Waals surface area contributed by atoms with Crippen LogP contribution in [0.5, 0.6) is 0 Å². The molecule has 0 aromatic heterocycles. The monoisotopic (exact) mass is 223 g/mol. The Morgan fingerprint density at radius 1 is 1.31 bits per heavy atom.